The summed E-state index contributed by atoms with van der Waals surface area (Å²) in [4.78, 5) is 0. The fourth-order valence-electron chi connectivity index (χ4n) is 2.27. The Labute approximate surface area is 103 Å². The van der Waals surface area contributed by atoms with Crippen molar-refractivity contribution in [2.75, 3.05) is 0 Å². The second-order valence-electron chi connectivity index (χ2n) is 4.44. The maximum atomic E-state index is 12.5. The zero-order valence-corrected chi connectivity index (χ0v) is 10.1. The van der Waals surface area contributed by atoms with Crippen molar-refractivity contribution in [3.8, 4) is 0 Å². The van der Waals surface area contributed by atoms with Gasteiger partial charge in [0.05, 0.1) is 6.04 Å². The van der Waals surface area contributed by atoms with Crippen LogP contribution in [-0.2, 0) is 6.18 Å². The Hall–Kier alpha value is -0.710. The maximum Gasteiger partial charge on any atom is 0.435 e. The van der Waals surface area contributed by atoms with Crippen LogP contribution in [0.2, 0.25) is 5.15 Å². The van der Waals surface area contributed by atoms with Crippen molar-refractivity contribution in [2.24, 2.45) is 0 Å². The maximum absolute atomic E-state index is 12.5. The second kappa shape index (κ2) is 4.88. The van der Waals surface area contributed by atoms with Crippen molar-refractivity contribution < 1.29 is 13.2 Å². The van der Waals surface area contributed by atoms with E-state index in [-0.39, 0.29) is 11.2 Å². The summed E-state index contributed by atoms with van der Waals surface area (Å²) >= 11 is 5.84. The zero-order chi connectivity index (χ0) is 12.5. The molecule has 0 unspecified atom stereocenters. The molecule has 17 heavy (non-hydrogen) atoms. The normalized spacial score (nSPS) is 19.3. The Kier molecular flexibility index (Phi) is 3.66. The Balaban J connectivity index is 2.22. The highest BCUT2D eigenvalue weighted by molar-refractivity contribution is 6.29. The molecule has 0 bridgehead atoms. The van der Waals surface area contributed by atoms with E-state index >= 15 is 0 Å². The summed E-state index contributed by atoms with van der Waals surface area (Å²) in [6.07, 6.45) is 1.64. The number of aromatic nitrogens is 2. The van der Waals surface area contributed by atoms with Gasteiger partial charge in [0.1, 0.15) is 5.15 Å². The molecule has 1 fully saturated rings. The molecule has 0 radical (unpaired) electrons. The minimum atomic E-state index is -4.42. The summed E-state index contributed by atoms with van der Waals surface area (Å²) < 4.78 is 38.8. The quantitative estimate of drug-likeness (QED) is 0.687. The lowest BCUT2D eigenvalue weighted by molar-refractivity contribution is -0.141. The van der Waals surface area contributed by atoms with E-state index < -0.39 is 11.9 Å². The molecule has 1 aliphatic rings. The van der Waals surface area contributed by atoms with Gasteiger partial charge in [-0.2, -0.15) is 18.3 Å². The first-order chi connectivity index (χ1) is 7.98. The van der Waals surface area contributed by atoms with Crippen LogP contribution in [0.5, 0.6) is 0 Å². The summed E-state index contributed by atoms with van der Waals surface area (Å²) in [5.41, 5.74) is -0.897. The van der Waals surface area contributed by atoms with Crippen molar-refractivity contribution in [1.82, 2.24) is 9.78 Å². The van der Waals surface area contributed by atoms with Crippen LogP contribution in [-0.4, -0.2) is 9.78 Å². The Morgan fingerprint density at radius 2 is 1.76 bits per heavy atom. The van der Waals surface area contributed by atoms with Gasteiger partial charge in [0.25, 0.3) is 0 Å². The lowest BCUT2D eigenvalue weighted by atomic mass is 10.1. The van der Waals surface area contributed by atoms with Gasteiger partial charge in [-0.1, -0.05) is 37.3 Å². The van der Waals surface area contributed by atoms with Gasteiger partial charge in [-0.3, -0.25) is 4.68 Å². The highest BCUT2D eigenvalue weighted by Crippen LogP contribution is 2.34. The number of alkyl halides is 3. The molecule has 0 amide bonds. The Morgan fingerprint density at radius 3 is 2.24 bits per heavy atom. The van der Waals surface area contributed by atoms with Gasteiger partial charge >= 0.3 is 6.18 Å². The molecule has 1 aliphatic carbocycles. The van der Waals surface area contributed by atoms with Gasteiger partial charge in [-0.05, 0) is 12.8 Å². The molecule has 2 rings (SSSR count). The van der Waals surface area contributed by atoms with Crippen LogP contribution in [0.25, 0.3) is 0 Å². The first kappa shape index (κ1) is 12.7. The average molecular weight is 267 g/mol. The van der Waals surface area contributed by atoms with E-state index in [1.54, 1.807) is 0 Å². The fraction of sp³-hybridized carbons (Fsp3) is 0.727. The molecule has 1 aromatic heterocycles. The number of halogens is 4. The first-order valence-corrected chi connectivity index (χ1v) is 6.18. The molecule has 2 nitrogen and oxygen atoms in total. The predicted octanol–water partition coefficient (Wildman–Crippen LogP) is 4.45. The fourth-order valence-corrected chi connectivity index (χ4v) is 2.55. The molecule has 0 N–H and O–H groups in total. The first-order valence-electron chi connectivity index (χ1n) is 5.81. The number of nitrogens with zero attached hydrogens (tertiary/aromatic N) is 2. The van der Waals surface area contributed by atoms with E-state index in [0.717, 1.165) is 44.6 Å². The van der Waals surface area contributed by atoms with E-state index in [0.29, 0.717) is 0 Å². The third kappa shape index (κ3) is 2.94. The summed E-state index contributed by atoms with van der Waals surface area (Å²) in [6, 6.07) is 0.924. The monoisotopic (exact) mass is 266 g/mol. The summed E-state index contributed by atoms with van der Waals surface area (Å²) in [6.45, 7) is 0. The van der Waals surface area contributed by atoms with Crippen molar-refractivity contribution >= 4 is 11.6 Å². The standard InChI is InChI=1S/C11H14ClF3N2/c12-10-7-9(11(13,14)15)16-17(10)8-5-3-1-2-4-6-8/h7-8H,1-6H2. The number of hydrogen-bond donors (Lipinski definition) is 0. The second-order valence-corrected chi connectivity index (χ2v) is 4.83. The van der Waals surface area contributed by atoms with Crippen molar-refractivity contribution in [3.63, 3.8) is 0 Å². The van der Waals surface area contributed by atoms with Gasteiger partial charge in [-0.25, -0.2) is 0 Å². The summed E-state index contributed by atoms with van der Waals surface area (Å²) in [5, 5.41) is 3.69. The van der Waals surface area contributed by atoms with Crippen LogP contribution >= 0.6 is 11.6 Å². The molecule has 0 saturated heterocycles. The van der Waals surface area contributed by atoms with Crippen LogP contribution in [0.3, 0.4) is 0 Å². The minimum absolute atomic E-state index is 0.0149. The van der Waals surface area contributed by atoms with Gasteiger partial charge in [0, 0.05) is 6.07 Å². The van der Waals surface area contributed by atoms with Crippen molar-refractivity contribution in [1.29, 1.82) is 0 Å². The van der Waals surface area contributed by atoms with Gasteiger partial charge in [-0.15, -0.1) is 0 Å². The van der Waals surface area contributed by atoms with E-state index in [1.165, 1.54) is 4.68 Å². The third-order valence-electron chi connectivity index (χ3n) is 3.15. The van der Waals surface area contributed by atoms with E-state index in [9.17, 15) is 13.2 Å². The SMILES string of the molecule is FC(F)(F)c1cc(Cl)n(C2CCCCCC2)n1. The molecule has 0 aromatic carbocycles. The molecule has 6 heteroatoms. The number of hydrogen-bond acceptors (Lipinski definition) is 1. The largest absolute Gasteiger partial charge is 0.435 e. The lowest BCUT2D eigenvalue weighted by Gasteiger charge is -2.15. The van der Waals surface area contributed by atoms with Gasteiger partial charge in [0.15, 0.2) is 5.69 Å². The lowest BCUT2D eigenvalue weighted by Crippen LogP contribution is -2.12. The summed E-state index contributed by atoms with van der Waals surface area (Å²) in [5.74, 6) is 0. The van der Waals surface area contributed by atoms with Gasteiger partial charge in [0.2, 0.25) is 0 Å². The summed E-state index contributed by atoms with van der Waals surface area (Å²) in [7, 11) is 0. The van der Waals surface area contributed by atoms with Crippen LogP contribution < -0.4 is 0 Å². The van der Waals surface area contributed by atoms with E-state index in [1.807, 2.05) is 0 Å². The van der Waals surface area contributed by atoms with E-state index in [4.69, 9.17) is 11.6 Å². The predicted molar refractivity (Wildman–Crippen MR) is 59.0 cm³/mol. The van der Waals surface area contributed by atoms with Crippen LogP contribution in [0.1, 0.15) is 50.3 Å². The minimum Gasteiger partial charge on any atom is -0.250 e. The topological polar surface area (TPSA) is 17.8 Å². The highest BCUT2D eigenvalue weighted by Gasteiger charge is 2.35. The van der Waals surface area contributed by atoms with Crippen LogP contribution in [0, 0.1) is 0 Å². The molecule has 1 heterocycles. The molecular weight excluding hydrogens is 253 g/mol. The third-order valence-corrected chi connectivity index (χ3v) is 3.43. The molecule has 0 spiro atoms. The molecular formula is C11H14ClF3N2. The average Bonchev–Trinajstić information content (AvgIpc) is 2.50. The smallest absolute Gasteiger partial charge is 0.250 e. The molecule has 0 atom stereocenters. The van der Waals surface area contributed by atoms with Crippen LogP contribution in [0.4, 0.5) is 13.2 Å². The Bertz CT molecular complexity index is 379. The van der Waals surface area contributed by atoms with Gasteiger partial charge < -0.3 is 0 Å². The van der Waals surface area contributed by atoms with Crippen molar-refractivity contribution in [2.45, 2.75) is 50.7 Å². The number of rotatable bonds is 1. The molecule has 1 saturated carbocycles. The van der Waals surface area contributed by atoms with Crippen molar-refractivity contribution in [3.05, 3.63) is 16.9 Å². The molecule has 96 valence electrons. The Morgan fingerprint density at radius 1 is 1.18 bits per heavy atom. The molecule has 0 aliphatic heterocycles. The van der Waals surface area contributed by atoms with Crippen LogP contribution in [0.15, 0.2) is 6.07 Å². The van der Waals surface area contributed by atoms with E-state index in [2.05, 4.69) is 5.10 Å². The molecule has 1 aromatic rings. The zero-order valence-electron chi connectivity index (χ0n) is 9.30. The highest BCUT2D eigenvalue weighted by atomic mass is 35.5.